The molecule has 0 saturated carbocycles. The lowest BCUT2D eigenvalue weighted by Crippen LogP contribution is -2.27. The number of nitrogens with zero attached hydrogens (tertiary/aromatic N) is 2. The lowest BCUT2D eigenvalue weighted by atomic mass is 10.1. The Labute approximate surface area is 211 Å². The van der Waals surface area contributed by atoms with Gasteiger partial charge in [-0.25, -0.2) is 4.79 Å². The summed E-state index contributed by atoms with van der Waals surface area (Å²) in [5, 5.41) is 1.17. The predicted octanol–water partition coefficient (Wildman–Crippen LogP) is 5.54. The van der Waals surface area contributed by atoms with Gasteiger partial charge in [-0.15, -0.1) is 11.8 Å². The monoisotopic (exact) mass is 504 g/mol. The van der Waals surface area contributed by atoms with E-state index < -0.39 is 5.97 Å². The van der Waals surface area contributed by atoms with Crippen LogP contribution in [0.5, 0.6) is 0 Å². The number of amides is 1. The summed E-state index contributed by atoms with van der Waals surface area (Å²) in [5.74, 6) is -0.267. The number of benzene rings is 3. The van der Waals surface area contributed by atoms with E-state index in [-0.39, 0.29) is 17.2 Å². The standard InChI is InChI=1S/C27H21ClN2O4S/c1-34-27(33)22-15-29(23-5-3-2-4-21(22)23)25(32)18-8-10-19(11-9-18)26-30(24(31)16-35-26)14-17-6-12-20(28)13-7-17/h2-13,15,26H,14,16H2,1H3/t26-/m0/s1. The van der Waals surface area contributed by atoms with Gasteiger partial charge >= 0.3 is 5.97 Å². The average molecular weight is 505 g/mol. The van der Waals surface area contributed by atoms with Gasteiger partial charge in [0.2, 0.25) is 5.91 Å². The highest BCUT2D eigenvalue weighted by molar-refractivity contribution is 8.00. The van der Waals surface area contributed by atoms with Gasteiger partial charge in [0.05, 0.1) is 23.9 Å². The topological polar surface area (TPSA) is 68.6 Å². The molecule has 3 aromatic carbocycles. The lowest BCUT2D eigenvalue weighted by molar-refractivity contribution is -0.128. The number of esters is 1. The Balaban J connectivity index is 1.41. The van der Waals surface area contributed by atoms with Gasteiger partial charge in [-0.3, -0.25) is 14.2 Å². The maximum Gasteiger partial charge on any atom is 0.340 e. The van der Waals surface area contributed by atoms with Crippen molar-refractivity contribution in [3.05, 3.63) is 106 Å². The molecule has 1 aromatic heterocycles. The van der Waals surface area contributed by atoms with Crippen LogP contribution in [0.3, 0.4) is 0 Å². The number of aromatic nitrogens is 1. The number of ether oxygens (including phenoxy) is 1. The maximum atomic E-state index is 13.3. The number of hydrogen-bond acceptors (Lipinski definition) is 5. The van der Waals surface area contributed by atoms with Crippen molar-refractivity contribution in [1.82, 2.24) is 9.47 Å². The second kappa shape index (κ2) is 9.60. The number of para-hydroxylation sites is 1. The molecule has 8 heteroatoms. The smallest absolute Gasteiger partial charge is 0.340 e. The molecule has 176 valence electrons. The molecule has 0 unspecified atom stereocenters. The van der Waals surface area contributed by atoms with E-state index in [9.17, 15) is 14.4 Å². The fraction of sp³-hybridized carbons (Fsp3) is 0.148. The Kier molecular flexibility index (Phi) is 6.36. The van der Waals surface area contributed by atoms with E-state index in [2.05, 4.69) is 0 Å². The molecule has 0 bridgehead atoms. The van der Waals surface area contributed by atoms with Crippen LogP contribution in [-0.2, 0) is 16.1 Å². The Morgan fingerprint density at radius 3 is 2.46 bits per heavy atom. The van der Waals surface area contributed by atoms with E-state index in [0.717, 1.165) is 11.1 Å². The van der Waals surface area contributed by atoms with Crippen molar-refractivity contribution < 1.29 is 19.1 Å². The van der Waals surface area contributed by atoms with Crippen molar-refractivity contribution in [3.8, 4) is 0 Å². The Morgan fingerprint density at radius 2 is 1.74 bits per heavy atom. The largest absolute Gasteiger partial charge is 0.465 e. The number of fused-ring (bicyclic) bond motifs is 1. The summed E-state index contributed by atoms with van der Waals surface area (Å²) in [7, 11) is 1.32. The number of hydrogen-bond donors (Lipinski definition) is 0. The zero-order chi connectivity index (χ0) is 24.5. The highest BCUT2D eigenvalue weighted by Gasteiger charge is 2.33. The number of carbonyl (C=O) groups is 3. The molecule has 0 N–H and O–H groups in total. The van der Waals surface area contributed by atoms with Crippen LogP contribution in [0.1, 0.15) is 37.2 Å². The first-order chi connectivity index (χ1) is 17.0. The van der Waals surface area contributed by atoms with E-state index >= 15 is 0 Å². The molecule has 1 fully saturated rings. The SMILES string of the molecule is COC(=O)c1cn(C(=O)c2ccc([C@@H]3SCC(=O)N3Cc3ccc(Cl)cc3)cc2)c2ccccc12. The molecule has 1 amide bonds. The van der Waals surface area contributed by atoms with Crippen LogP contribution in [0.25, 0.3) is 10.9 Å². The van der Waals surface area contributed by atoms with Gasteiger partial charge in [-0.1, -0.05) is 54.1 Å². The van der Waals surface area contributed by atoms with Crippen molar-refractivity contribution >= 4 is 52.0 Å². The van der Waals surface area contributed by atoms with Gasteiger partial charge in [-0.05, 0) is 41.5 Å². The van der Waals surface area contributed by atoms with Crippen LogP contribution in [0.2, 0.25) is 5.02 Å². The average Bonchev–Trinajstić information content (AvgIpc) is 3.45. The summed E-state index contributed by atoms with van der Waals surface area (Å²) >= 11 is 7.55. The van der Waals surface area contributed by atoms with E-state index in [1.807, 2.05) is 53.4 Å². The fourth-order valence-electron chi connectivity index (χ4n) is 4.24. The molecule has 2 heterocycles. The first-order valence-electron chi connectivity index (χ1n) is 10.9. The van der Waals surface area contributed by atoms with Gasteiger partial charge in [0.1, 0.15) is 5.37 Å². The molecular formula is C27H21ClN2O4S. The maximum absolute atomic E-state index is 13.3. The first-order valence-corrected chi connectivity index (χ1v) is 12.4. The Morgan fingerprint density at radius 1 is 1.03 bits per heavy atom. The Bertz CT molecular complexity index is 1430. The third-order valence-electron chi connectivity index (χ3n) is 6.01. The van der Waals surface area contributed by atoms with Gasteiger partial charge in [0, 0.05) is 28.7 Å². The third kappa shape index (κ3) is 4.45. The van der Waals surface area contributed by atoms with Crippen LogP contribution in [-0.4, -0.2) is 40.1 Å². The van der Waals surface area contributed by atoms with Crippen molar-refractivity contribution in [2.75, 3.05) is 12.9 Å². The number of thioether (sulfide) groups is 1. The molecule has 1 saturated heterocycles. The molecule has 6 nitrogen and oxygen atoms in total. The molecule has 0 spiro atoms. The van der Waals surface area contributed by atoms with Gasteiger partial charge in [-0.2, -0.15) is 0 Å². The van der Waals surface area contributed by atoms with Gasteiger partial charge < -0.3 is 9.64 Å². The minimum atomic E-state index is -0.494. The van der Waals surface area contributed by atoms with Crippen molar-refractivity contribution in [2.24, 2.45) is 0 Å². The minimum absolute atomic E-state index is 0.0734. The zero-order valence-corrected chi connectivity index (χ0v) is 20.4. The van der Waals surface area contributed by atoms with Crippen LogP contribution < -0.4 is 0 Å². The molecular weight excluding hydrogens is 484 g/mol. The summed E-state index contributed by atoms with van der Waals surface area (Å²) < 4.78 is 6.35. The van der Waals surface area contributed by atoms with Crippen LogP contribution >= 0.6 is 23.4 Å². The highest BCUT2D eigenvalue weighted by atomic mass is 35.5. The second-order valence-corrected chi connectivity index (χ2v) is 9.67. The number of rotatable bonds is 5. The molecule has 0 radical (unpaired) electrons. The molecule has 4 aromatic rings. The van der Waals surface area contributed by atoms with E-state index in [1.54, 1.807) is 36.0 Å². The van der Waals surface area contributed by atoms with E-state index in [1.165, 1.54) is 17.9 Å². The zero-order valence-electron chi connectivity index (χ0n) is 18.8. The van der Waals surface area contributed by atoms with Gasteiger partial charge in [0.25, 0.3) is 5.91 Å². The summed E-state index contributed by atoms with van der Waals surface area (Å²) in [5.41, 5.74) is 3.39. The van der Waals surface area contributed by atoms with Crippen LogP contribution in [0.15, 0.2) is 79.0 Å². The first kappa shape index (κ1) is 23.2. The highest BCUT2D eigenvalue weighted by Crippen LogP contribution is 2.39. The van der Waals surface area contributed by atoms with E-state index in [4.69, 9.17) is 16.3 Å². The summed E-state index contributed by atoms with van der Waals surface area (Å²) in [6.45, 7) is 0.486. The molecule has 1 aliphatic heterocycles. The molecule has 5 rings (SSSR count). The van der Waals surface area contributed by atoms with Crippen molar-refractivity contribution in [1.29, 1.82) is 0 Å². The van der Waals surface area contributed by atoms with Crippen molar-refractivity contribution in [2.45, 2.75) is 11.9 Å². The third-order valence-corrected chi connectivity index (χ3v) is 7.52. The summed E-state index contributed by atoms with van der Waals surface area (Å²) in [4.78, 5) is 40.0. The number of methoxy groups -OCH3 is 1. The number of halogens is 1. The predicted molar refractivity (Wildman–Crippen MR) is 137 cm³/mol. The van der Waals surface area contributed by atoms with Crippen LogP contribution in [0.4, 0.5) is 0 Å². The molecule has 1 aliphatic rings. The summed E-state index contributed by atoms with van der Waals surface area (Å²) in [6, 6.07) is 22.0. The van der Waals surface area contributed by atoms with Gasteiger partial charge in [0.15, 0.2) is 0 Å². The molecule has 0 aliphatic carbocycles. The van der Waals surface area contributed by atoms with Crippen molar-refractivity contribution in [3.63, 3.8) is 0 Å². The molecule has 1 atom stereocenters. The summed E-state index contributed by atoms with van der Waals surface area (Å²) in [6.07, 6.45) is 1.52. The Hall–Kier alpha value is -3.55. The fourth-order valence-corrected chi connectivity index (χ4v) is 5.55. The van der Waals surface area contributed by atoms with Crippen LogP contribution in [0, 0.1) is 0 Å². The molecule has 35 heavy (non-hydrogen) atoms. The second-order valence-electron chi connectivity index (χ2n) is 8.16. The lowest BCUT2D eigenvalue weighted by Gasteiger charge is -2.24. The minimum Gasteiger partial charge on any atom is -0.465 e. The number of carbonyl (C=O) groups excluding carboxylic acids is 3. The quantitative estimate of drug-likeness (QED) is 0.334. The normalized spacial score (nSPS) is 15.5. The van der Waals surface area contributed by atoms with E-state index in [0.29, 0.717) is 39.4 Å².